The van der Waals surface area contributed by atoms with Crippen LogP contribution in [0.1, 0.15) is 26.3 Å². The molecule has 0 aromatic heterocycles. The number of amides is 1. The molecule has 1 aromatic carbocycles. The van der Waals surface area contributed by atoms with Crippen LogP contribution in [0.4, 0.5) is 4.79 Å². The van der Waals surface area contributed by atoms with Gasteiger partial charge in [-0.3, -0.25) is 0 Å². The van der Waals surface area contributed by atoms with Crippen molar-refractivity contribution in [1.29, 1.82) is 0 Å². The highest BCUT2D eigenvalue weighted by atomic mass is 35.5. The molecule has 1 amide bonds. The minimum absolute atomic E-state index is 0.295. The van der Waals surface area contributed by atoms with Gasteiger partial charge in [-0.05, 0) is 51.0 Å². The normalized spacial score (nSPS) is 12.7. The first-order valence-corrected chi connectivity index (χ1v) is 6.85. The number of benzene rings is 1. The predicted molar refractivity (Wildman–Crippen MR) is 79.4 cm³/mol. The van der Waals surface area contributed by atoms with Crippen LogP contribution in [-0.4, -0.2) is 24.0 Å². The summed E-state index contributed by atoms with van der Waals surface area (Å²) in [5.41, 5.74) is 0.146. The zero-order valence-corrected chi connectivity index (χ0v) is 13.1. The Hall–Kier alpha value is -1.26. The molecule has 110 valence electrons. The van der Waals surface area contributed by atoms with Gasteiger partial charge in [0.1, 0.15) is 11.9 Å². The zero-order chi connectivity index (χ0) is 15.3. The van der Waals surface area contributed by atoms with Gasteiger partial charge < -0.3 is 14.8 Å². The number of aldehydes is 1. The van der Waals surface area contributed by atoms with Gasteiger partial charge in [-0.2, -0.15) is 0 Å². The van der Waals surface area contributed by atoms with E-state index < -0.39 is 17.7 Å². The standard InChI is InChI=1S/C14H17Cl2NO3/c1-14(2,3)20-13(19)17-12(8-18)6-9-4-10(15)7-11(16)5-9/h4-5,7-8,12H,6H2,1-3H3,(H,17,19)/t12-/m0/s1. The molecule has 0 radical (unpaired) electrons. The van der Waals surface area contributed by atoms with Crippen LogP contribution < -0.4 is 5.32 Å². The summed E-state index contributed by atoms with van der Waals surface area (Å²) >= 11 is 11.8. The van der Waals surface area contributed by atoms with E-state index in [2.05, 4.69) is 5.32 Å². The van der Waals surface area contributed by atoms with E-state index in [1.807, 2.05) is 0 Å². The number of carbonyl (C=O) groups excluding carboxylic acids is 2. The number of rotatable bonds is 4. The summed E-state index contributed by atoms with van der Waals surface area (Å²) in [6.07, 6.45) is 0.310. The fraction of sp³-hybridized carbons (Fsp3) is 0.429. The van der Waals surface area contributed by atoms with Gasteiger partial charge in [-0.25, -0.2) is 4.79 Å². The van der Waals surface area contributed by atoms with E-state index in [1.165, 1.54) is 0 Å². The first-order valence-electron chi connectivity index (χ1n) is 6.09. The lowest BCUT2D eigenvalue weighted by atomic mass is 10.1. The van der Waals surface area contributed by atoms with Crippen LogP contribution >= 0.6 is 23.2 Å². The van der Waals surface area contributed by atoms with Gasteiger partial charge in [0, 0.05) is 10.0 Å². The number of ether oxygens (including phenoxy) is 1. The Morgan fingerprint density at radius 2 is 1.85 bits per heavy atom. The SMILES string of the molecule is CC(C)(C)OC(=O)N[C@H](C=O)Cc1cc(Cl)cc(Cl)c1. The van der Waals surface area contributed by atoms with Gasteiger partial charge in [-0.15, -0.1) is 0 Å². The Balaban J connectivity index is 2.68. The second kappa shape index (κ2) is 6.95. The molecular weight excluding hydrogens is 301 g/mol. The van der Waals surface area contributed by atoms with Crippen molar-refractivity contribution in [2.45, 2.75) is 38.8 Å². The van der Waals surface area contributed by atoms with Gasteiger partial charge in [0.05, 0.1) is 6.04 Å². The van der Waals surface area contributed by atoms with Crippen molar-refractivity contribution in [3.05, 3.63) is 33.8 Å². The number of halogens is 2. The summed E-state index contributed by atoms with van der Waals surface area (Å²) in [5, 5.41) is 3.46. The molecule has 0 fully saturated rings. The third-order valence-corrected chi connectivity index (χ3v) is 2.68. The van der Waals surface area contributed by atoms with Crippen LogP contribution in [0.15, 0.2) is 18.2 Å². The molecule has 6 heteroatoms. The maximum Gasteiger partial charge on any atom is 0.408 e. The second-order valence-corrected chi connectivity index (χ2v) is 6.24. The Morgan fingerprint density at radius 3 is 2.30 bits per heavy atom. The minimum Gasteiger partial charge on any atom is -0.444 e. The molecular formula is C14H17Cl2NO3. The number of nitrogens with one attached hydrogen (secondary N) is 1. The van der Waals surface area contributed by atoms with Crippen molar-refractivity contribution in [2.75, 3.05) is 0 Å². The van der Waals surface area contributed by atoms with Crippen LogP contribution in [-0.2, 0) is 16.0 Å². The highest BCUT2D eigenvalue weighted by Crippen LogP contribution is 2.20. The molecule has 0 unspecified atom stereocenters. The van der Waals surface area contributed by atoms with Crippen LogP contribution in [0, 0.1) is 0 Å². The van der Waals surface area contributed by atoms with Crippen LogP contribution in [0.3, 0.4) is 0 Å². The molecule has 0 aliphatic carbocycles. The first kappa shape index (κ1) is 16.8. The summed E-state index contributed by atoms with van der Waals surface area (Å²) in [6.45, 7) is 5.25. The fourth-order valence-electron chi connectivity index (χ4n) is 1.57. The molecule has 0 aliphatic rings. The zero-order valence-electron chi connectivity index (χ0n) is 11.6. The summed E-state index contributed by atoms with van der Waals surface area (Å²) in [6, 6.07) is 4.30. The van der Waals surface area contributed by atoms with Gasteiger partial charge in [0.2, 0.25) is 0 Å². The Kier molecular flexibility index (Phi) is 5.84. The molecule has 0 bridgehead atoms. The van der Waals surface area contributed by atoms with Crippen molar-refractivity contribution in [1.82, 2.24) is 5.32 Å². The highest BCUT2D eigenvalue weighted by molar-refractivity contribution is 6.34. The topological polar surface area (TPSA) is 55.4 Å². The van der Waals surface area contributed by atoms with Gasteiger partial charge in [0.15, 0.2) is 0 Å². The molecule has 0 spiro atoms. The average Bonchev–Trinajstić information content (AvgIpc) is 2.23. The van der Waals surface area contributed by atoms with E-state index in [4.69, 9.17) is 27.9 Å². The van der Waals surface area contributed by atoms with Gasteiger partial charge in [0.25, 0.3) is 0 Å². The molecule has 20 heavy (non-hydrogen) atoms. The maximum absolute atomic E-state index is 11.6. The summed E-state index contributed by atoms with van der Waals surface area (Å²) in [7, 11) is 0. The van der Waals surface area contributed by atoms with Gasteiger partial charge >= 0.3 is 6.09 Å². The number of hydrogen-bond acceptors (Lipinski definition) is 3. The molecule has 1 rings (SSSR count). The van der Waals surface area contributed by atoms with E-state index >= 15 is 0 Å². The Bertz CT molecular complexity index is 477. The first-order chi connectivity index (χ1) is 9.19. The quantitative estimate of drug-likeness (QED) is 0.863. The van der Waals surface area contributed by atoms with E-state index in [1.54, 1.807) is 39.0 Å². The predicted octanol–water partition coefficient (Wildman–Crippen LogP) is 3.63. The lowest BCUT2D eigenvalue weighted by molar-refractivity contribution is -0.109. The van der Waals surface area contributed by atoms with Crippen molar-refractivity contribution < 1.29 is 14.3 Å². The van der Waals surface area contributed by atoms with Crippen molar-refractivity contribution >= 4 is 35.6 Å². The van der Waals surface area contributed by atoms with Crippen LogP contribution in [0.25, 0.3) is 0 Å². The fourth-order valence-corrected chi connectivity index (χ4v) is 2.15. The van der Waals surface area contributed by atoms with Crippen molar-refractivity contribution in [3.8, 4) is 0 Å². The van der Waals surface area contributed by atoms with E-state index in [0.717, 1.165) is 5.56 Å². The maximum atomic E-state index is 11.6. The molecule has 0 saturated heterocycles. The minimum atomic E-state index is -0.695. The smallest absolute Gasteiger partial charge is 0.408 e. The molecule has 1 aromatic rings. The largest absolute Gasteiger partial charge is 0.444 e. The number of carbonyl (C=O) groups is 2. The molecule has 0 aliphatic heterocycles. The number of alkyl carbamates (subject to hydrolysis) is 1. The van der Waals surface area contributed by atoms with Gasteiger partial charge in [-0.1, -0.05) is 23.2 Å². The third kappa shape index (κ3) is 6.26. The van der Waals surface area contributed by atoms with E-state index in [-0.39, 0.29) is 0 Å². The highest BCUT2D eigenvalue weighted by Gasteiger charge is 2.19. The average molecular weight is 318 g/mol. The van der Waals surface area contributed by atoms with E-state index in [0.29, 0.717) is 22.8 Å². The van der Waals surface area contributed by atoms with Crippen molar-refractivity contribution in [2.24, 2.45) is 0 Å². The lowest BCUT2D eigenvalue weighted by Gasteiger charge is -2.21. The molecule has 1 atom stereocenters. The van der Waals surface area contributed by atoms with Crippen molar-refractivity contribution in [3.63, 3.8) is 0 Å². The van der Waals surface area contributed by atoms with Crippen LogP contribution in [0.2, 0.25) is 10.0 Å². The third-order valence-electron chi connectivity index (χ3n) is 2.24. The molecule has 4 nitrogen and oxygen atoms in total. The monoisotopic (exact) mass is 317 g/mol. The molecule has 1 N–H and O–H groups in total. The molecule has 0 heterocycles. The number of hydrogen-bond donors (Lipinski definition) is 1. The summed E-state index contributed by atoms with van der Waals surface area (Å²) < 4.78 is 5.09. The molecule has 0 saturated carbocycles. The Labute approximate surface area is 128 Å². The Morgan fingerprint density at radius 1 is 1.30 bits per heavy atom. The van der Waals surface area contributed by atoms with Crippen LogP contribution in [0.5, 0.6) is 0 Å². The summed E-state index contributed by atoms with van der Waals surface area (Å²) in [5.74, 6) is 0. The van der Waals surface area contributed by atoms with E-state index in [9.17, 15) is 9.59 Å². The lowest BCUT2D eigenvalue weighted by Crippen LogP contribution is -2.41. The second-order valence-electron chi connectivity index (χ2n) is 5.37. The summed E-state index contributed by atoms with van der Waals surface area (Å²) in [4.78, 5) is 22.7.